The van der Waals surface area contributed by atoms with Crippen LogP contribution in [0.1, 0.15) is 18.6 Å². The lowest BCUT2D eigenvalue weighted by atomic mass is 10.00. The molecular formula is C10H13NO4. The number of rotatable bonds is 3. The molecule has 0 aliphatic rings. The molecule has 0 bridgehead atoms. The van der Waals surface area contributed by atoms with Gasteiger partial charge in [-0.05, 0) is 24.6 Å². The maximum atomic E-state index is 10.9. The number of hydrogen-bond acceptors (Lipinski definition) is 5. The molecule has 0 saturated heterocycles. The summed E-state index contributed by atoms with van der Waals surface area (Å²) in [4.78, 5) is 10.9. The van der Waals surface area contributed by atoms with Crippen LogP contribution in [-0.2, 0) is 4.79 Å². The monoisotopic (exact) mass is 211 g/mol. The van der Waals surface area contributed by atoms with Crippen LogP contribution in [-0.4, -0.2) is 27.1 Å². The van der Waals surface area contributed by atoms with Gasteiger partial charge in [-0.2, -0.15) is 0 Å². The van der Waals surface area contributed by atoms with Crippen molar-refractivity contribution in [3.63, 3.8) is 0 Å². The van der Waals surface area contributed by atoms with Gasteiger partial charge in [0.2, 0.25) is 0 Å². The Morgan fingerprint density at radius 2 is 1.93 bits per heavy atom. The number of nitrogens with two attached hydrogens (primary N) is 1. The van der Waals surface area contributed by atoms with Crippen LogP contribution >= 0.6 is 0 Å². The highest BCUT2D eigenvalue weighted by Gasteiger charge is 2.21. The largest absolute Gasteiger partial charge is 0.504 e. The van der Waals surface area contributed by atoms with Crippen LogP contribution < -0.4 is 5.73 Å². The van der Waals surface area contributed by atoms with E-state index >= 15 is 0 Å². The standard InChI is InChI=1S/C10H13NO4/c1-5(12)9(11)10(15)6-2-3-7(13)8(14)4-6/h2-4,9-10,13-15H,11H2,1H3/t9-,10-/m0/s1. The maximum Gasteiger partial charge on any atom is 0.157 e. The number of benzene rings is 1. The maximum absolute atomic E-state index is 10.9. The average molecular weight is 211 g/mol. The van der Waals surface area contributed by atoms with Gasteiger partial charge in [-0.15, -0.1) is 0 Å². The van der Waals surface area contributed by atoms with Crippen LogP contribution in [0.2, 0.25) is 0 Å². The summed E-state index contributed by atoms with van der Waals surface area (Å²) in [5.74, 6) is -1.00. The van der Waals surface area contributed by atoms with Crippen molar-refractivity contribution in [2.45, 2.75) is 19.1 Å². The van der Waals surface area contributed by atoms with E-state index < -0.39 is 12.1 Å². The van der Waals surface area contributed by atoms with Gasteiger partial charge in [0.25, 0.3) is 0 Å². The molecule has 1 rings (SSSR count). The Hall–Kier alpha value is -1.59. The fourth-order valence-corrected chi connectivity index (χ4v) is 1.15. The molecule has 5 heteroatoms. The smallest absolute Gasteiger partial charge is 0.157 e. The fraction of sp³-hybridized carbons (Fsp3) is 0.300. The number of phenolic OH excluding ortho intramolecular Hbond substituents is 2. The zero-order valence-corrected chi connectivity index (χ0v) is 8.21. The van der Waals surface area contributed by atoms with Crippen molar-refractivity contribution in [2.75, 3.05) is 0 Å². The molecule has 1 aromatic carbocycles. The van der Waals surface area contributed by atoms with Crippen LogP contribution in [0, 0.1) is 0 Å². The second-order valence-corrected chi connectivity index (χ2v) is 3.33. The van der Waals surface area contributed by atoms with Crippen molar-refractivity contribution < 1.29 is 20.1 Å². The first kappa shape index (κ1) is 11.5. The number of phenols is 2. The number of aliphatic hydroxyl groups is 1. The topological polar surface area (TPSA) is 104 Å². The molecule has 0 aliphatic heterocycles. The van der Waals surface area contributed by atoms with E-state index in [-0.39, 0.29) is 22.8 Å². The minimum atomic E-state index is -1.19. The molecule has 15 heavy (non-hydrogen) atoms. The second kappa shape index (κ2) is 4.29. The predicted octanol–water partition coefficient (Wildman–Crippen LogP) is 0.0475. The third-order valence-corrected chi connectivity index (χ3v) is 2.15. The van der Waals surface area contributed by atoms with E-state index in [0.29, 0.717) is 0 Å². The summed E-state index contributed by atoms with van der Waals surface area (Å²) in [6.45, 7) is 1.27. The minimum absolute atomic E-state index is 0.285. The zero-order valence-electron chi connectivity index (χ0n) is 8.21. The number of aliphatic hydroxyl groups excluding tert-OH is 1. The molecule has 0 spiro atoms. The summed E-state index contributed by atoms with van der Waals surface area (Å²) in [6, 6.07) is 2.75. The molecule has 5 N–H and O–H groups in total. The summed E-state index contributed by atoms with van der Waals surface area (Å²) in [6.07, 6.45) is -1.19. The second-order valence-electron chi connectivity index (χ2n) is 3.33. The third-order valence-electron chi connectivity index (χ3n) is 2.15. The number of hydrogen-bond donors (Lipinski definition) is 4. The Kier molecular flexibility index (Phi) is 3.28. The summed E-state index contributed by atoms with van der Waals surface area (Å²) < 4.78 is 0. The van der Waals surface area contributed by atoms with Crippen molar-refractivity contribution in [1.82, 2.24) is 0 Å². The van der Waals surface area contributed by atoms with E-state index in [0.717, 1.165) is 0 Å². The Labute approximate surface area is 86.8 Å². The third kappa shape index (κ3) is 2.45. The first-order valence-corrected chi connectivity index (χ1v) is 4.39. The Morgan fingerprint density at radius 3 is 2.40 bits per heavy atom. The van der Waals surface area contributed by atoms with Gasteiger partial charge in [-0.1, -0.05) is 6.07 Å². The highest BCUT2D eigenvalue weighted by Crippen LogP contribution is 2.28. The highest BCUT2D eigenvalue weighted by atomic mass is 16.3. The van der Waals surface area contributed by atoms with Crippen molar-refractivity contribution in [3.05, 3.63) is 23.8 Å². The van der Waals surface area contributed by atoms with Crippen LogP contribution in [0.15, 0.2) is 18.2 Å². The molecule has 0 radical (unpaired) electrons. The molecule has 82 valence electrons. The zero-order chi connectivity index (χ0) is 11.6. The molecule has 0 aromatic heterocycles. The summed E-state index contributed by atoms with van der Waals surface area (Å²) in [5.41, 5.74) is 5.72. The van der Waals surface area contributed by atoms with Gasteiger partial charge >= 0.3 is 0 Å². The van der Waals surface area contributed by atoms with Gasteiger partial charge < -0.3 is 21.1 Å². The van der Waals surface area contributed by atoms with Crippen LogP contribution in [0.5, 0.6) is 11.5 Å². The van der Waals surface area contributed by atoms with Crippen LogP contribution in [0.25, 0.3) is 0 Å². The van der Waals surface area contributed by atoms with E-state index in [1.54, 1.807) is 0 Å². The van der Waals surface area contributed by atoms with Crippen molar-refractivity contribution in [2.24, 2.45) is 5.73 Å². The Balaban J connectivity index is 2.96. The summed E-state index contributed by atoms with van der Waals surface area (Å²) in [5, 5.41) is 27.9. The number of ketones is 1. The number of Topliss-reactive ketones (excluding diaryl/α,β-unsaturated/α-hetero) is 1. The molecule has 1 aromatic rings. The molecule has 0 aliphatic carbocycles. The number of carbonyl (C=O) groups is 1. The van der Waals surface area contributed by atoms with Gasteiger partial charge in [0, 0.05) is 0 Å². The van der Waals surface area contributed by atoms with Crippen molar-refractivity contribution in [3.8, 4) is 11.5 Å². The summed E-state index contributed by atoms with van der Waals surface area (Å²) in [7, 11) is 0. The Bertz CT molecular complexity index is 378. The van der Waals surface area contributed by atoms with Gasteiger partial charge in [-0.3, -0.25) is 4.79 Å². The van der Waals surface area contributed by atoms with Gasteiger partial charge in [-0.25, -0.2) is 0 Å². The molecule has 0 amide bonds. The molecule has 0 heterocycles. The molecule has 0 fully saturated rings. The minimum Gasteiger partial charge on any atom is -0.504 e. The Morgan fingerprint density at radius 1 is 1.33 bits per heavy atom. The molecule has 0 unspecified atom stereocenters. The number of aromatic hydroxyl groups is 2. The van der Waals surface area contributed by atoms with Crippen molar-refractivity contribution in [1.29, 1.82) is 0 Å². The van der Waals surface area contributed by atoms with E-state index in [2.05, 4.69) is 0 Å². The van der Waals surface area contributed by atoms with E-state index in [9.17, 15) is 15.0 Å². The molecule has 5 nitrogen and oxygen atoms in total. The lowest BCUT2D eigenvalue weighted by Crippen LogP contribution is -2.35. The van der Waals surface area contributed by atoms with E-state index in [1.165, 1.54) is 25.1 Å². The van der Waals surface area contributed by atoms with Crippen LogP contribution in [0.4, 0.5) is 0 Å². The average Bonchev–Trinajstić information content (AvgIpc) is 2.19. The van der Waals surface area contributed by atoms with Crippen LogP contribution in [0.3, 0.4) is 0 Å². The van der Waals surface area contributed by atoms with E-state index in [1.807, 2.05) is 0 Å². The summed E-state index contributed by atoms with van der Waals surface area (Å²) >= 11 is 0. The molecule has 2 atom stereocenters. The first-order valence-electron chi connectivity index (χ1n) is 4.39. The van der Waals surface area contributed by atoms with Crippen molar-refractivity contribution >= 4 is 5.78 Å². The normalized spacial score (nSPS) is 14.6. The van der Waals surface area contributed by atoms with Gasteiger partial charge in [0.1, 0.15) is 11.9 Å². The highest BCUT2D eigenvalue weighted by molar-refractivity contribution is 5.82. The van der Waals surface area contributed by atoms with E-state index in [4.69, 9.17) is 10.8 Å². The lowest BCUT2D eigenvalue weighted by molar-refractivity contribution is -0.120. The number of carbonyl (C=O) groups excluding carboxylic acids is 1. The molecule has 0 saturated carbocycles. The van der Waals surface area contributed by atoms with Gasteiger partial charge in [0.15, 0.2) is 11.5 Å². The lowest BCUT2D eigenvalue weighted by Gasteiger charge is -2.16. The first-order chi connectivity index (χ1) is 6.93. The SMILES string of the molecule is CC(=O)[C@H](N)[C@@H](O)c1ccc(O)c(O)c1. The quantitative estimate of drug-likeness (QED) is 0.529. The van der Waals surface area contributed by atoms with Gasteiger partial charge in [0.05, 0.1) is 6.04 Å². The fourth-order valence-electron chi connectivity index (χ4n) is 1.15. The predicted molar refractivity (Wildman–Crippen MR) is 53.4 cm³/mol. The molecular weight excluding hydrogens is 198 g/mol.